The largest absolute Gasteiger partial charge is 0.444 e. The van der Waals surface area contributed by atoms with Gasteiger partial charge in [-0.1, -0.05) is 50.5 Å². The van der Waals surface area contributed by atoms with Crippen LogP contribution in [0.2, 0.25) is 0 Å². The highest BCUT2D eigenvalue weighted by molar-refractivity contribution is 7.98. The molecule has 2 N–H and O–H groups in total. The number of carbonyl (C=O) groups is 3. The maximum atomic E-state index is 14.2. The first kappa shape index (κ1) is 32.8. The summed E-state index contributed by atoms with van der Waals surface area (Å²) in [5.41, 5.74) is 2.16. The number of aryl methyl sites for hydroxylation is 2. The van der Waals surface area contributed by atoms with Crippen LogP contribution in [0.25, 0.3) is 0 Å². The number of benzene rings is 1. The van der Waals surface area contributed by atoms with Gasteiger partial charge in [0.2, 0.25) is 11.8 Å². The van der Waals surface area contributed by atoms with Crippen molar-refractivity contribution in [1.29, 1.82) is 0 Å². The van der Waals surface area contributed by atoms with E-state index >= 15 is 0 Å². The van der Waals surface area contributed by atoms with Crippen molar-refractivity contribution in [3.05, 3.63) is 34.9 Å². The molecule has 8 heteroatoms. The summed E-state index contributed by atoms with van der Waals surface area (Å²) in [6.07, 6.45) is 5.39. The van der Waals surface area contributed by atoms with Gasteiger partial charge in [0.1, 0.15) is 17.7 Å². The van der Waals surface area contributed by atoms with Crippen LogP contribution in [0.3, 0.4) is 0 Å². The average Bonchev–Trinajstić information content (AvgIpc) is 2.81. The van der Waals surface area contributed by atoms with Crippen LogP contribution in [0.4, 0.5) is 4.79 Å². The van der Waals surface area contributed by atoms with Crippen molar-refractivity contribution in [1.82, 2.24) is 15.5 Å². The van der Waals surface area contributed by atoms with E-state index in [0.29, 0.717) is 25.1 Å². The Morgan fingerprint density at radius 2 is 1.78 bits per heavy atom. The van der Waals surface area contributed by atoms with E-state index in [2.05, 4.69) is 17.6 Å². The van der Waals surface area contributed by atoms with Gasteiger partial charge in [0.15, 0.2) is 0 Å². The van der Waals surface area contributed by atoms with Gasteiger partial charge in [-0.25, -0.2) is 4.79 Å². The van der Waals surface area contributed by atoms with Crippen LogP contribution in [-0.4, -0.2) is 59.0 Å². The minimum Gasteiger partial charge on any atom is -0.444 e. The van der Waals surface area contributed by atoms with Crippen LogP contribution >= 0.6 is 11.8 Å². The monoisotopic (exact) mass is 535 g/mol. The molecular formula is C29H49N3O4S. The fourth-order valence-electron chi connectivity index (χ4n) is 4.15. The molecule has 1 aromatic rings. The number of alkyl carbamates (subject to hydrolysis) is 1. The Morgan fingerprint density at radius 3 is 2.32 bits per heavy atom. The van der Waals surface area contributed by atoms with E-state index in [9.17, 15) is 14.4 Å². The standard InChI is InChI=1S/C29H49N3O4S/c1-10-12-13-17-30-26(33)25(23-15-14-20(3)19-21(23)4)32(22(5)11-2)27(34)24(16-18-37-9)31-28(35)36-29(6,7)8/h14-15,19,22,24-25H,10-13,16-18H2,1-9H3,(H,30,33)(H,31,35). The second-order valence-electron chi connectivity index (χ2n) is 10.7. The van der Waals surface area contributed by atoms with Crippen LogP contribution in [0.1, 0.15) is 96.4 Å². The molecule has 3 amide bonds. The second kappa shape index (κ2) is 15.9. The van der Waals surface area contributed by atoms with E-state index < -0.39 is 23.8 Å². The predicted molar refractivity (Wildman–Crippen MR) is 154 cm³/mol. The summed E-state index contributed by atoms with van der Waals surface area (Å²) in [6.45, 7) is 16.0. The van der Waals surface area contributed by atoms with Gasteiger partial charge < -0.3 is 20.3 Å². The first-order chi connectivity index (χ1) is 17.4. The molecule has 3 unspecified atom stereocenters. The number of hydrogen-bond donors (Lipinski definition) is 2. The third-order valence-corrected chi connectivity index (χ3v) is 6.89. The molecule has 0 spiro atoms. The lowest BCUT2D eigenvalue weighted by Gasteiger charge is -2.38. The topological polar surface area (TPSA) is 87.7 Å². The summed E-state index contributed by atoms with van der Waals surface area (Å²) in [6, 6.07) is 4.12. The molecule has 0 fully saturated rings. The molecule has 0 aromatic heterocycles. The fourth-order valence-corrected chi connectivity index (χ4v) is 4.62. The number of rotatable bonds is 14. The summed E-state index contributed by atoms with van der Waals surface area (Å²) in [5, 5.41) is 5.88. The van der Waals surface area contributed by atoms with Gasteiger partial charge in [0.25, 0.3) is 0 Å². The Balaban J connectivity index is 3.50. The molecule has 0 aliphatic heterocycles. The van der Waals surface area contributed by atoms with Crippen LogP contribution in [0.15, 0.2) is 18.2 Å². The maximum absolute atomic E-state index is 14.2. The van der Waals surface area contributed by atoms with E-state index in [1.54, 1.807) is 37.4 Å². The number of unbranched alkanes of at least 4 members (excludes halogenated alkanes) is 2. The van der Waals surface area contributed by atoms with Crippen molar-refractivity contribution < 1.29 is 19.1 Å². The minimum absolute atomic E-state index is 0.197. The van der Waals surface area contributed by atoms with Gasteiger partial charge in [-0.05, 0) is 83.9 Å². The van der Waals surface area contributed by atoms with Crippen molar-refractivity contribution in [2.24, 2.45) is 0 Å². The van der Waals surface area contributed by atoms with Crippen LogP contribution < -0.4 is 10.6 Å². The summed E-state index contributed by atoms with van der Waals surface area (Å²) in [5.74, 6) is 0.207. The van der Waals surface area contributed by atoms with Gasteiger partial charge in [-0.3, -0.25) is 9.59 Å². The highest BCUT2D eigenvalue weighted by atomic mass is 32.2. The zero-order valence-corrected chi connectivity index (χ0v) is 25.2. The molecule has 37 heavy (non-hydrogen) atoms. The molecule has 0 aliphatic carbocycles. The lowest BCUT2D eigenvalue weighted by molar-refractivity contribution is -0.145. The van der Waals surface area contributed by atoms with Crippen LogP contribution in [-0.2, 0) is 14.3 Å². The van der Waals surface area contributed by atoms with Gasteiger partial charge in [-0.15, -0.1) is 0 Å². The SMILES string of the molecule is CCCCCNC(=O)C(c1ccc(C)cc1C)N(C(=O)C(CCSC)NC(=O)OC(C)(C)C)C(C)CC. The third kappa shape index (κ3) is 11.0. The van der Waals surface area contributed by atoms with Crippen molar-refractivity contribution in [2.75, 3.05) is 18.6 Å². The number of carbonyl (C=O) groups excluding carboxylic acids is 3. The Morgan fingerprint density at radius 1 is 1.11 bits per heavy atom. The third-order valence-electron chi connectivity index (χ3n) is 6.25. The quantitative estimate of drug-likeness (QED) is 0.289. The molecule has 0 bridgehead atoms. The number of nitrogens with zero attached hydrogens (tertiary/aromatic N) is 1. The maximum Gasteiger partial charge on any atom is 0.408 e. The lowest BCUT2D eigenvalue weighted by atomic mass is 9.94. The van der Waals surface area contributed by atoms with Gasteiger partial charge in [0, 0.05) is 12.6 Å². The molecule has 7 nitrogen and oxygen atoms in total. The molecule has 0 aliphatic rings. The first-order valence-corrected chi connectivity index (χ1v) is 14.9. The number of hydrogen-bond acceptors (Lipinski definition) is 5. The normalized spacial score (nSPS) is 13.9. The van der Waals surface area contributed by atoms with E-state index in [-0.39, 0.29) is 17.9 Å². The predicted octanol–water partition coefficient (Wildman–Crippen LogP) is 5.92. The van der Waals surface area contributed by atoms with Gasteiger partial charge in [0.05, 0.1) is 0 Å². The Hall–Kier alpha value is -2.22. The van der Waals surface area contributed by atoms with Crippen molar-refractivity contribution in [3.8, 4) is 0 Å². The Kier molecular flexibility index (Phi) is 14.1. The highest BCUT2D eigenvalue weighted by Gasteiger charge is 2.38. The molecule has 0 saturated carbocycles. The molecule has 0 radical (unpaired) electrons. The van der Waals surface area contributed by atoms with Crippen LogP contribution in [0, 0.1) is 13.8 Å². The first-order valence-electron chi connectivity index (χ1n) is 13.5. The number of amides is 3. The van der Waals surface area contributed by atoms with E-state index in [4.69, 9.17) is 4.74 Å². The molecule has 1 rings (SSSR count). The molecule has 210 valence electrons. The van der Waals surface area contributed by atoms with E-state index in [1.807, 2.05) is 52.1 Å². The summed E-state index contributed by atoms with van der Waals surface area (Å²) in [4.78, 5) is 42.3. The molecule has 0 saturated heterocycles. The number of nitrogens with one attached hydrogen (secondary N) is 2. The smallest absolute Gasteiger partial charge is 0.408 e. The van der Waals surface area contributed by atoms with Crippen molar-refractivity contribution in [3.63, 3.8) is 0 Å². The average molecular weight is 536 g/mol. The Labute approximate surface area is 228 Å². The highest BCUT2D eigenvalue weighted by Crippen LogP contribution is 2.29. The van der Waals surface area contributed by atoms with Crippen LogP contribution in [0.5, 0.6) is 0 Å². The Bertz CT molecular complexity index is 884. The van der Waals surface area contributed by atoms with Crippen molar-refractivity contribution >= 4 is 29.7 Å². The summed E-state index contributed by atoms with van der Waals surface area (Å²) < 4.78 is 5.46. The minimum atomic E-state index is -0.808. The molecule has 3 atom stereocenters. The lowest BCUT2D eigenvalue weighted by Crippen LogP contribution is -2.55. The summed E-state index contributed by atoms with van der Waals surface area (Å²) >= 11 is 1.60. The van der Waals surface area contributed by atoms with Gasteiger partial charge >= 0.3 is 6.09 Å². The molecule has 0 heterocycles. The zero-order valence-electron chi connectivity index (χ0n) is 24.4. The molecule has 1 aromatic carbocycles. The fraction of sp³-hybridized carbons (Fsp3) is 0.690. The molecular weight excluding hydrogens is 486 g/mol. The van der Waals surface area contributed by atoms with Crippen molar-refractivity contribution in [2.45, 2.75) is 111 Å². The zero-order chi connectivity index (χ0) is 28.2. The summed E-state index contributed by atoms with van der Waals surface area (Å²) in [7, 11) is 0. The number of thioether (sulfide) groups is 1. The van der Waals surface area contributed by atoms with E-state index in [1.165, 1.54) is 0 Å². The van der Waals surface area contributed by atoms with E-state index in [0.717, 1.165) is 36.0 Å². The number of ether oxygens (including phenoxy) is 1. The second-order valence-corrected chi connectivity index (χ2v) is 11.7. The van der Waals surface area contributed by atoms with Gasteiger partial charge in [-0.2, -0.15) is 11.8 Å².